The van der Waals surface area contributed by atoms with Crippen LogP contribution in [0.2, 0.25) is 0 Å². The van der Waals surface area contributed by atoms with E-state index in [-0.39, 0.29) is 29.2 Å². The van der Waals surface area contributed by atoms with Crippen molar-refractivity contribution in [1.82, 2.24) is 4.31 Å². The molecule has 0 spiro atoms. The van der Waals surface area contributed by atoms with Crippen LogP contribution >= 0.6 is 0 Å². The fraction of sp³-hybridized carbons (Fsp3) is 0.786. The molecule has 10 heteroatoms. The van der Waals surface area contributed by atoms with Crippen molar-refractivity contribution in [2.24, 2.45) is 16.7 Å². The van der Waals surface area contributed by atoms with Crippen LogP contribution < -0.4 is 4.74 Å². The molecule has 4 aliphatic carbocycles. The van der Waals surface area contributed by atoms with Gasteiger partial charge in [-0.2, -0.15) is 4.31 Å². The smallest absolute Gasteiger partial charge is 0.215 e. The molecule has 0 saturated heterocycles. The van der Waals surface area contributed by atoms with E-state index in [0.717, 1.165) is 70.6 Å². The highest BCUT2D eigenvalue weighted by molar-refractivity contribution is 7.89. The van der Waals surface area contributed by atoms with E-state index >= 15 is 0 Å². The van der Waals surface area contributed by atoms with Crippen LogP contribution in [0.5, 0.6) is 34.5 Å². The Morgan fingerprint density at radius 2 is 1.24 bits per heavy atom. The van der Waals surface area contributed by atoms with Crippen LogP contribution in [0.4, 0.5) is 0 Å². The third-order valence-electron chi connectivity index (χ3n) is 10.6. The molecule has 38 heavy (non-hydrogen) atoms. The average molecular weight is 554 g/mol. The lowest BCUT2D eigenvalue weighted by Crippen LogP contribution is -2.55. The maximum Gasteiger partial charge on any atom is 0.215 e. The Balaban J connectivity index is 1.51. The predicted molar refractivity (Wildman–Crippen MR) is 142 cm³/mol. The van der Waals surface area contributed by atoms with Gasteiger partial charge in [0.25, 0.3) is 0 Å². The van der Waals surface area contributed by atoms with Crippen LogP contribution in [0.15, 0.2) is 0 Å². The van der Waals surface area contributed by atoms with Crippen molar-refractivity contribution in [3.63, 3.8) is 0 Å². The summed E-state index contributed by atoms with van der Waals surface area (Å²) in [6.45, 7) is 4.17. The number of nitrogens with zero attached hydrogens (tertiary/aromatic N) is 1. The van der Waals surface area contributed by atoms with Gasteiger partial charge in [-0.25, -0.2) is 8.42 Å². The molecule has 5 N–H and O–H groups in total. The Labute approximate surface area is 225 Å². The first kappa shape index (κ1) is 27.5. The van der Waals surface area contributed by atoms with Crippen molar-refractivity contribution in [2.45, 2.75) is 116 Å². The molecule has 5 rings (SSSR count). The van der Waals surface area contributed by atoms with Gasteiger partial charge in [-0.1, -0.05) is 52.4 Å². The van der Waals surface area contributed by atoms with Gasteiger partial charge in [0.2, 0.25) is 44.5 Å². The summed E-state index contributed by atoms with van der Waals surface area (Å²) in [5.74, 6) is -5.26. The summed E-state index contributed by atoms with van der Waals surface area (Å²) >= 11 is 0. The highest BCUT2D eigenvalue weighted by atomic mass is 32.2. The van der Waals surface area contributed by atoms with E-state index in [9.17, 15) is 34.0 Å². The number of hydrogen-bond acceptors (Lipinski definition) is 8. The summed E-state index contributed by atoms with van der Waals surface area (Å²) < 4.78 is 37.0. The zero-order valence-electron chi connectivity index (χ0n) is 22.5. The van der Waals surface area contributed by atoms with Gasteiger partial charge in [-0.3, -0.25) is 0 Å². The first-order valence-electron chi connectivity index (χ1n) is 14.3. The normalized spacial score (nSPS) is 30.2. The number of phenols is 5. The molecule has 4 fully saturated rings. The minimum absolute atomic E-state index is 0.0217. The predicted octanol–water partition coefficient (Wildman–Crippen LogP) is 5.09. The van der Waals surface area contributed by atoms with Crippen LogP contribution in [0.1, 0.15) is 97.3 Å². The summed E-state index contributed by atoms with van der Waals surface area (Å²) in [5, 5.41) is 50.8. The van der Waals surface area contributed by atoms with E-state index in [0.29, 0.717) is 12.8 Å². The van der Waals surface area contributed by atoms with Gasteiger partial charge in [-0.05, 0) is 56.3 Å². The molecular weight excluding hydrogens is 510 g/mol. The molecule has 9 nitrogen and oxygen atoms in total. The largest absolute Gasteiger partial charge is 0.502 e. The molecule has 3 unspecified atom stereocenters. The minimum atomic E-state index is -3.70. The van der Waals surface area contributed by atoms with Crippen molar-refractivity contribution in [1.29, 1.82) is 0 Å². The van der Waals surface area contributed by atoms with Crippen molar-refractivity contribution in [3.8, 4) is 34.5 Å². The van der Waals surface area contributed by atoms with E-state index in [1.54, 1.807) is 0 Å². The SMILES string of the molecule is CC1(C)C2CCC1(CS(=O)(=O)N(C1CCCCC1)C1CCCCC1)C(Oc1c(O)c(O)c(O)c(O)c1O)C2. The van der Waals surface area contributed by atoms with E-state index in [4.69, 9.17) is 4.74 Å². The number of fused-ring (bicyclic) bond motifs is 2. The van der Waals surface area contributed by atoms with Gasteiger partial charge in [-0.15, -0.1) is 0 Å². The van der Waals surface area contributed by atoms with E-state index in [1.807, 2.05) is 4.31 Å². The topological polar surface area (TPSA) is 148 Å². The second-order valence-corrected chi connectivity index (χ2v) is 14.6. The van der Waals surface area contributed by atoms with Crippen LogP contribution in [-0.2, 0) is 10.0 Å². The van der Waals surface area contributed by atoms with Crippen LogP contribution in [0, 0.1) is 16.7 Å². The third-order valence-corrected chi connectivity index (χ3v) is 12.7. The zero-order chi connectivity index (χ0) is 27.5. The molecule has 4 saturated carbocycles. The summed E-state index contributed by atoms with van der Waals surface area (Å²) in [6.07, 6.45) is 11.3. The number of aromatic hydroxyl groups is 5. The van der Waals surface area contributed by atoms with Crippen LogP contribution in [0.3, 0.4) is 0 Å². The molecule has 0 radical (unpaired) electrons. The summed E-state index contributed by atoms with van der Waals surface area (Å²) in [5.41, 5.74) is -1.18. The summed E-state index contributed by atoms with van der Waals surface area (Å²) in [4.78, 5) is 0. The molecule has 0 heterocycles. The molecule has 1 aromatic rings. The Morgan fingerprint density at radius 3 is 1.71 bits per heavy atom. The van der Waals surface area contributed by atoms with Gasteiger partial charge in [0, 0.05) is 17.5 Å². The lowest BCUT2D eigenvalue weighted by Gasteiger charge is -2.46. The Morgan fingerprint density at radius 1 is 0.763 bits per heavy atom. The van der Waals surface area contributed by atoms with Gasteiger partial charge < -0.3 is 30.3 Å². The quantitative estimate of drug-likeness (QED) is 0.232. The Bertz CT molecular complexity index is 1110. The molecule has 4 aliphatic rings. The van der Waals surface area contributed by atoms with Gasteiger partial charge in [0.15, 0.2) is 0 Å². The van der Waals surface area contributed by atoms with Crippen molar-refractivity contribution < 1.29 is 38.7 Å². The second kappa shape index (κ2) is 9.84. The molecule has 1 aromatic carbocycles. The van der Waals surface area contributed by atoms with Crippen molar-refractivity contribution >= 4 is 10.0 Å². The van der Waals surface area contributed by atoms with E-state index in [1.165, 1.54) is 0 Å². The first-order chi connectivity index (χ1) is 17.9. The maximum atomic E-state index is 14.5. The maximum absolute atomic E-state index is 14.5. The lowest BCUT2D eigenvalue weighted by atomic mass is 9.69. The molecule has 2 bridgehead atoms. The molecular formula is C28H43NO8S. The average Bonchev–Trinajstić information content (AvgIpc) is 3.25. The van der Waals surface area contributed by atoms with Crippen LogP contribution in [0.25, 0.3) is 0 Å². The van der Waals surface area contributed by atoms with Crippen molar-refractivity contribution in [3.05, 3.63) is 0 Å². The molecule has 3 atom stereocenters. The Kier molecular flexibility index (Phi) is 7.12. The highest BCUT2D eigenvalue weighted by Gasteiger charge is 2.67. The molecule has 0 aromatic heterocycles. The van der Waals surface area contributed by atoms with E-state index < -0.39 is 56.0 Å². The lowest BCUT2D eigenvalue weighted by molar-refractivity contribution is 0.0271. The van der Waals surface area contributed by atoms with E-state index in [2.05, 4.69) is 13.8 Å². The number of hydrogen-bond donors (Lipinski definition) is 5. The third kappa shape index (κ3) is 4.26. The van der Waals surface area contributed by atoms with Gasteiger partial charge in [0.1, 0.15) is 6.10 Å². The number of benzene rings is 1. The standard InChI is InChI=1S/C28H43NO8S/c1-27(2)17-13-14-28(27,20(15-17)37-26-24(33)22(31)21(30)23(32)25(26)34)16-38(35,36)29(18-9-5-3-6-10-18)19-11-7-4-8-12-19/h17-20,30-34H,3-16H2,1-2H3. The van der Waals surface area contributed by atoms with Crippen LogP contribution in [-0.4, -0.2) is 62.2 Å². The first-order valence-corrected chi connectivity index (χ1v) is 15.9. The second-order valence-electron chi connectivity index (χ2n) is 12.7. The van der Waals surface area contributed by atoms with Gasteiger partial charge in [0.05, 0.1) is 5.75 Å². The minimum Gasteiger partial charge on any atom is -0.502 e. The number of sulfonamides is 1. The fourth-order valence-corrected chi connectivity index (χ4v) is 11.1. The number of phenolic OH excluding ortho intramolecular Hbond substituents is 5. The molecule has 214 valence electrons. The Hall–Kier alpha value is -2.07. The monoisotopic (exact) mass is 553 g/mol. The summed E-state index contributed by atoms with van der Waals surface area (Å²) in [6, 6.07) is 0.0434. The van der Waals surface area contributed by atoms with Crippen molar-refractivity contribution in [2.75, 3.05) is 5.75 Å². The summed E-state index contributed by atoms with van der Waals surface area (Å²) in [7, 11) is -3.70. The highest BCUT2D eigenvalue weighted by Crippen LogP contribution is 2.68. The van der Waals surface area contributed by atoms with Gasteiger partial charge >= 0.3 is 0 Å². The zero-order valence-corrected chi connectivity index (χ0v) is 23.3. The number of rotatable bonds is 7. The molecule has 0 aliphatic heterocycles. The fourth-order valence-electron chi connectivity index (χ4n) is 8.25. The molecule has 0 amide bonds. The number of ether oxygens (including phenoxy) is 1.